The highest BCUT2D eigenvalue weighted by molar-refractivity contribution is 5.35. The number of anilines is 1. The first-order chi connectivity index (χ1) is 8.69. The van der Waals surface area contributed by atoms with E-state index in [9.17, 15) is 4.39 Å². The Hall–Kier alpha value is -2.01. The quantitative estimate of drug-likeness (QED) is 0.866. The molecule has 1 aromatic carbocycles. The van der Waals surface area contributed by atoms with E-state index in [0.717, 1.165) is 5.56 Å². The molecule has 0 saturated carbocycles. The largest absolute Gasteiger partial charge is 0.366 e. The summed E-state index contributed by atoms with van der Waals surface area (Å²) in [5.74, 6) is 1.11. The number of nitrogens with two attached hydrogens (primary N) is 1. The van der Waals surface area contributed by atoms with Crippen LogP contribution in [0.4, 0.5) is 10.2 Å². The van der Waals surface area contributed by atoms with Crippen LogP contribution in [0.25, 0.3) is 0 Å². The van der Waals surface area contributed by atoms with Crippen molar-refractivity contribution in [1.82, 2.24) is 9.97 Å². The SMILES string of the molecule is Cc1nccc(NCc2ccc(CN)cc2F)n1. The molecule has 1 aromatic heterocycles. The molecule has 1 heterocycles. The van der Waals surface area contributed by atoms with Gasteiger partial charge in [0, 0.05) is 24.8 Å². The summed E-state index contributed by atoms with van der Waals surface area (Å²) in [7, 11) is 0. The van der Waals surface area contributed by atoms with Crippen LogP contribution < -0.4 is 11.1 Å². The van der Waals surface area contributed by atoms with E-state index in [4.69, 9.17) is 5.73 Å². The summed E-state index contributed by atoms with van der Waals surface area (Å²) in [5.41, 5.74) is 6.82. The van der Waals surface area contributed by atoms with Crippen LogP contribution in [0.1, 0.15) is 17.0 Å². The van der Waals surface area contributed by atoms with Crippen molar-refractivity contribution in [3.63, 3.8) is 0 Å². The fourth-order valence-electron chi connectivity index (χ4n) is 1.60. The lowest BCUT2D eigenvalue weighted by molar-refractivity contribution is 0.610. The zero-order valence-electron chi connectivity index (χ0n) is 10.2. The number of hydrogen-bond donors (Lipinski definition) is 2. The molecule has 0 radical (unpaired) electrons. The minimum atomic E-state index is -0.253. The van der Waals surface area contributed by atoms with Gasteiger partial charge in [-0.25, -0.2) is 14.4 Å². The molecule has 3 N–H and O–H groups in total. The minimum absolute atomic E-state index is 0.253. The summed E-state index contributed by atoms with van der Waals surface area (Å²) in [4.78, 5) is 8.18. The van der Waals surface area contributed by atoms with Crippen LogP contribution in [0.15, 0.2) is 30.5 Å². The number of aromatic nitrogens is 2. The molecule has 0 unspecified atom stereocenters. The van der Waals surface area contributed by atoms with Crippen LogP contribution in [0.5, 0.6) is 0 Å². The van der Waals surface area contributed by atoms with Crippen LogP contribution in [0.2, 0.25) is 0 Å². The van der Waals surface area contributed by atoms with E-state index < -0.39 is 0 Å². The van der Waals surface area contributed by atoms with Crippen LogP contribution in [0, 0.1) is 12.7 Å². The maximum atomic E-state index is 13.7. The fourth-order valence-corrected chi connectivity index (χ4v) is 1.60. The normalized spacial score (nSPS) is 10.4. The smallest absolute Gasteiger partial charge is 0.129 e. The average molecular weight is 246 g/mol. The van der Waals surface area contributed by atoms with Gasteiger partial charge in [-0.15, -0.1) is 0 Å². The average Bonchev–Trinajstić information content (AvgIpc) is 2.37. The lowest BCUT2D eigenvalue weighted by atomic mass is 10.1. The van der Waals surface area contributed by atoms with Crippen LogP contribution in [-0.2, 0) is 13.1 Å². The molecule has 0 bridgehead atoms. The predicted molar refractivity (Wildman–Crippen MR) is 68.4 cm³/mol. The molecule has 0 spiro atoms. The molecule has 0 amide bonds. The van der Waals surface area contributed by atoms with Gasteiger partial charge in [-0.2, -0.15) is 0 Å². The number of aryl methyl sites for hydroxylation is 1. The van der Waals surface area contributed by atoms with Gasteiger partial charge in [-0.3, -0.25) is 0 Å². The van der Waals surface area contributed by atoms with Crippen LogP contribution in [-0.4, -0.2) is 9.97 Å². The highest BCUT2D eigenvalue weighted by atomic mass is 19.1. The van der Waals surface area contributed by atoms with Gasteiger partial charge in [0.15, 0.2) is 0 Å². The monoisotopic (exact) mass is 246 g/mol. The number of nitrogens with zero attached hydrogens (tertiary/aromatic N) is 2. The number of rotatable bonds is 4. The summed E-state index contributed by atoms with van der Waals surface area (Å²) >= 11 is 0. The van der Waals surface area contributed by atoms with Gasteiger partial charge in [0.1, 0.15) is 17.5 Å². The summed E-state index contributed by atoms with van der Waals surface area (Å²) < 4.78 is 13.7. The number of halogens is 1. The van der Waals surface area contributed by atoms with E-state index in [2.05, 4.69) is 15.3 Å². The number of nitrogens with one attached hydrogen (secondary N) is 1. The van der Waals surface area contributed by atoms with Gasteiger partial charge in [-0.05, 0) is 24.6 Å². The first kappa shape index (κ1) is 12.4. The summed E-state index contributed by atoms with van der Waals surface area (Å²) in [6.07, 6.45) is 1.67. The van der Waals surface area contributed by atoms with Crippen molar-refractivity contribution < 1.29 is 4.39 Å². The molecule has 0 fully saturated rings. The maximum Gasteiger partial charge on any atom is 0.129 e. The summed E-state index contributed by atoms with van der Waals surface area (Å²) in [6, 6.07) is 6.77. The molecule has 0 aliphatic carbocycles. The molecule has 2 rings (SSSR count). The van der Waals surface area contributed by atoms with Gasteiger partial charge >= 0.3 is 0 Å². The highest BCUT2D eigenvalue weighted by Crippen LogP contribution is 2.12. The maximum absolute atomic E-state index is 13.7. The van der Waals surface area contributed by atoms with Crippen molar-refractivity contribution in [2.75, 3.05) is 5.32 Å². The molecule has 18 heavy (non-hydrogen) atoms. The van der Waals surface area contributed by atoms with Gasteiger partial charge in [0.05, 0.1) is 0 Å². The van der Waals surface area contributed by atoms with Gasteiger partial charge < -0.3 is 11.1 Å². The third-order valence-electron chi connectivity index (χ3n) is 2.59. The Morgan fingerprint density at radius 2 is 2.17 bits per heavy atom. The van der Waals surface area contributed by atoms with E-state index in [1.54, 1.807) is 18.3 Å². The van der Waals surface area contributed by atoms with Crippen LogP contribution in [0.3, 0.4) is 0 Å². The lowest BCUT2D eigenvalue weighted by Crippen LogP contribution is -2.05. The molecule has 4 nitrogen and oxygen atoms in total. The molecule has 0 saturated heterocycles. The molecule has 94 valence electrons. The molecule has 0 aliphatic rings. The number of hydrogen-bond acceptors (Lipinski definition) is 4. The Bertz CT molecular complexity index is 542. The van der Waals surface area contributed by atoms with Gasteiger partial charge in [-0.1, -0.05) is 12.1 Å². The van der Waals surface area contributed by atoms with E-state index in [1.165, 1.54) is 6.07 Å². The predicted octanol–water partition coefficient (Wildman–Crippen LogP) is 1.99. The first-order valence-electron chi connectivity index (χ1n) is 5.70. The molecule has 0 atom stereocenters. The Labute approximate surface area is 105 Å². The minimum Gasteiger partial charge on any atom is -0.366 e. The zero-order chi connectivity index (χ0) is 13.0. The molecule has 2 aromatic rings. The Morgan fingerprint density at radius 3 is 2.83 bits per heavy atom. The van der Waals surface area contributed by atoms with E-state index in [-0.39, 0.29) is 5.82 Å². The zero-order valence-corrected chi connectivity index (χ0v) is 10.2. The Balaban J connectivity index is 2.06. The molecule has 5 heteroatoms. The van der Waals surface area contributed by atoms with Gasteiger partial charge in [0.2, 0.25) is 0 Å². The van der Waals surface area contributed by atoms with Crippen molar-refractivity contribution in [2.45, 2.75) is 20.0 Å². The first-order valence-corrected chi connectivity index (χ1v) is 5.70. The van der Waals surface area contributed by atoms with Crippen LogP contribution >= 0.6 is 0 Å². The molecular formula is C13H15FN4. The molecular weight excluding hydrogens is 231 g/mol. The standard InChI is InChI=1S/C13H15FN4/c1-9-16-5-4-13(18-9)17-8-11-3-2-10(7-15)6-12(11)14/h2-6H,7-8,15H2,1H3,(H,16,17,18). The molecule has 0 aliphatic heterocycles. The third kappa shape index (κ3) is 3.01. The van der Waals surface area contributed by atoms with E-state index >= 15 is 0 Å². The van der Waals surface area contributed by atoms with E-state index in [0.29, 0.717) is 30.3 Å². The Morgan fingerprint density at radius 1 is 1.33 bits per heavy atom. The third-order valence-corrected chi connectivity index (χ3v) is 2.59. The van der Waals surface area contributed by atoms with E-state index in [1.807, 2.05) is 13.0 Å². The summed E-state index contributed by atoms with van der Waals surface area (Å²) in [6.45, 7) is 2.53. The number of benzene rings is 1. The van der Waals surface area contributed by atoms with Crippen molar-refractivity contribution in [3.05, 3.63) is 53.2 Å². The lowest BCUT2D eigenvalue weighted by Gasteiger charge is -2.08. The highest BCUT2D eigenvalue weighted by Gasteiger charge is 2.03. The second-order valence-electron chi connectivity index (χ2n) is 3.97. The van der Waals surface area contributed by atoms with Crippen molar-refractivity contribution in [2.24, 2.45) is 5.73 Å². The topological polar surface area (TPSA) is 63.8 Å². The Kier molecular flexibility index (Phi) is 3.84. The van der Waals surface area contributed by atoms with Gasteiger partial charge in [0.25, 0.3) is 0 Å². The van der Waals surface area contributed by atoms with Crippen molar-refractivity contribution in [1.29, 1.82) is 0 Å². The second-order valence-corrected chi connectivity index (χ2v) is 3.97. The van der Waals surface area contributed by atoms with Crippen molar-refractivity contribution >= 4 is 5.82 Å². The fraction of sp³-hybridized carbons (Fsp3) is 0.231. The van der Waals surface area contributed by atoms with Crippen molar-refractivity contribution in [3.8, 4) is 0 Å². The second kappa shape index (κ2) is 5.55. The summed E-state index contributed by atoms with van der Waals surface area (Å²) in [5, 5.41) is 3.06.